The molecule has 0 aliphatic heterocycles. The molecule has 2 aromatic heterocycles. The molecule has 0 unspecified atom stereocenters. The maximum Gasteiger partial charge on any atom is 0.182 e. The van der Waals surface area contributed by atoms with Gasteiger partial charge in [-0.3, -0.25) is 4.79 Å². The van der Waals surface area contributed by atoms with Gasteiger partial charge in [0.2, 0.25) is 0 Å². The highest BCUT2D eigenvalue weighted by atomic mass is 16.3. The predicted octanol–water partition coefficient (Wildman–Crippen LogP) is 1.78. The molecule has 1 aromatic carbocycles. The lowest BCUT2D eigenvalue weighted by Crippen LogP contribution is -1.97. The van der Waals surface area contributed by atoms with E-state index in [0.717, 1.165) is 24.2 Å². The lowest BCUT2D eigenvalue weighted by Gasteiger charge is -2.01. The van der Waals surface area contributed by atoms with Crippen molar-refractivity contribution in [1.29, 1.82) is 0 Å². The molecular formula is C12H10N4O2. The first kappa shape index (κ1) is 10.6. The molecule has 0 spiro atoms. The highest BCUT2D eigenvalue weighted by Crippen LogP contribution is 2.23. The van der Waals surface area contributed by atoms with Crippen molar-refractivity contribution in [2.45, 2.75) is 13.3 Å². The molecule has 18 heavy (non-hydrogen) atoms. The Labute approximate surface area is 102 Å². The van der Waals surface area contributed by atoms with E-state index in [1.165, 1.54) is 6.39 Å². The second kappa shape index (κ2) is 4.06. The van der Waals surface area contributed by atoms with Crippen LogP contribution in [0.4, 0.5) is 0 Å². The number of rotatable bonds is 3. The summed E-state index contributed by atoms with van der Waals surface area (Å²) >= 11 is 0. The van der Waals surface area contributed by atoms with Crippen molar-refractivity contribution in [2.24, 2.45) is 0 Å². The molecule has 0 bridgehead atoms. The minimum absolute atomic E-state index is 0.498. The zero-order chi connectivity index (χ0) is 12.5. The summed E-state index contributed by atoms with van der Waals surface area (Å²) in [6.07, 6.45) is 4.46. The molecule has 0 amide bonds. The van der Waals surface area contributed by atoms with E-state index in [1.807, 2.05) is 6.92 Å². The molecule has 0 fully saturated rings. The number of hydrogen-bond acceptors (Lipinski definition) is 5. The number of carbonyl (C=O) groups is 1. The maximum absolute atomic E-state index is 10.9. The van der Waals surface area contributed by atoms with Crippen molar-refractivity contribution < 1.29 is 9.21 Å². The summed E-state index contributed by atoms with van der Waals surface area (Å²) in [4.78, 5) is 19.1. The Kier molecular flexibility index (Phi) is 2.40. The molecule has 3 rings (SSSR count). The van der Waals surface area contributed by atoms with Gasteiger partial charge in [0.25, 0.3) is 0 Å². The summed E-state index contributed by atoms with van der Waals surface area (Å²) in [5, 5.41) is 4.31. The Hall–Kier alpha value is -2.50. The Bertz CT molecular complexity index is 714. The Morgan fingerprint density at radius 2 is 2.28 bits per heavy atom. The monoisotopic (exact) mass is 242 g/mol. The number of aromatic nitrogens is 4. The molecule has 0 N–H and O–H groups in total. The minimum Gasteiger partial charge on any atom is -0.441 e. The topological polar surface area (TPSA) is 73.8 Å². The van der Waals surface area contributed by atoms with Gasteiger partial charge in [-0.1, -0.05) is 6.92 Å². The van der Waals surface area contributed by atoms with Gasteiger partial charge in [-0.05, 0) is 12.1 Å². The van der Waals surface area contributed by atoms with E-state index in [-0.39, 0.29) is 0 Å². The van der Waals surface area contributed by atoms with Crippen LogP contribution in [0, 0.1) is 0 Å². The average molecular weight is 242 g/mol. The number of oxazole rings is 1. The van der Waals surface area contributed by atoms with Crippen molar-refractivity contribution in [2.75, 3.05) is 0 Å². The van der Waals surface area contributed by atoms with Gasteiger partial charge in [0.05, 0.1) is 0 Å². The summed E-state index contributed by atoms with van der Waals surface area (Å²) < 4.78 is 6.96. The second-order valence-electron chi connectivity index (χ2n) is 3.78. The van der Waals surface area contributed by atoms with Crippen molar-refractivity contribution in [3.63, 3.8) is 0 Å². The average Bonchev–Trinajstić information content (AvgIpc) is 3.06. The van der Waals surface area contributed by atoms with Gasteiger partial charge in [0, 0.05) is 12.0 Å². The third-order valence-corrected chi connectivity index (χ3v) is 2.72. The van der Waals surface area contributed by atoms with Crippen LogP contribution < -0.4 is 0 Å². The van der Waals surface area contributed by atoms with Gasteiger partial charge in [-0.25, -0.2) is 14.6 Å². The van der Waals surface area contributed by atoms with Crippen molar-refractivity contribution in [3.8, 4) is 5.69 Å². The summed E-state index contributed by atoms with van der Waals surface area (Å²) in [7, 11) is 0. The van der Waals surface area contributed by atoms with Crippen LogP contribution in [0.25, 0.3) is 16.8 Å². The SMILES string of the molecule is CCc1ncn(-c2ccc(C=O)c3ncoc23)n1. The number of nitrogens with zero attached hydrogens (tertiary/aromatic N) is 4. The number of aryl methyl sites for hydroxylation is 1. The van der Waals surface area contributed by atoms with Gasteiger partial charge in [-0.2, -0.15) is 5.10 Å². The maximum atomic E-state index is 10.9. The van der Waals surface area contributed by atoms with E-state index >= 15 is 0 Å². The third-order valence-electron chi connectivity index (χ3n) is 2.72. The molecule has 0 radical (unpaired) electrons. The van der Waals surface area contributed by atoms with E-state index < -0.39 is 0 Å². The van der Waals surface area contributed by atoms with E-state index in [4.69, 9.17) is 4.42 Å². The van der Waals surface area contributed by atoms with E-state index in [9.17, 15) is 4.79 Å². The van der Waals surface area contributed by atoms with Crippen LogP contribution in [0.15, 0.2) is 29.3 Å². The predicted molar refractivity (Wildman–Crippen MR) is 63.7 cm³/mol. The van der Waals surface area contributed by atoms with E-state index in [2.05, 4.69) is 15.1 Å². The Balaban J connectivity index is 2.23. The van der Waals surface area contributed by atoms with Crippen LogP contribution in [0.2, 0.25) is 0 Å². The highest BCUT2D eigenvalue weighted by Gasteiger charge is 2.12. The van der Waals surface area contributed by atoms with Crippen LogP contribution in [-0.2, 0) is 6.42 Å². The standard InChI is InChI=1S/C12H10N4O2/c1-2-10-13-6-16(15-10)9-4-3-8(5-17)11-12(9)18-7-14-11/h3-7H,2H2,1H3. The van der Waals surface area contributed by atoms with Crippen LogP contribution in [0.1, 0.15) is 23.1 Å². The normalized spacial score (nSPS) is 10.9. The zero-order valence-electron chi connectivity index (χ0n) is 9.70. The van der Waals surface area contributed by atoms with Crippen LogP contribution in [0.3, 0.4) is 0 Å². The zero-order valence-corrected chi connectivity index (χ0v) is 9.70. The molecule has 6 nitrogen and oxygen atoms in total. The molecule has 90 valence electrons. The molecule has 0 saturated carbocycles. The summed E-state index contributed by atoms with van der Waals surface area (Å²) in [5.41, 5.74) is 2.29. The fraction of sp³-hybridized carbons (Fsp3) is 0.167. The van der Waals surface area contributed by atoms with Crippen LogP contribution in [-0.4, -0.2) is 26.0 Å². The lowest BCUT2D eigenvalue weighted by atomic mass is 10.2. The molecule has 0 atom stereocenters. The fourth-order valence-electron chi connectivity index (χ4n) is 1.81. The van der Waals surface area contributed by atoms with Crippen LogP contribution in [0.5, 0.6) is 0 Å². The molecule has 0 aliphatic carbocycles. The minimum atomic E-state index is 0.498. The first-order valence-electron chi connectivity index (χ1n) is 5.55. The van der Waals surface area contributed by atoms with Crippen molar-refractivity contribution >= 4 is 17.4 Å². The van der Waals surface area contributed by atoms with Gasteiger partial charge >= 0.3 is 0 Å². The van der Waals surface area contributed by atoms with Crippen LogP contribution >= 0.6 is 0 Å². The first-order valence-corrected chi connectivity index (χ1v) is 5.55. The van der Waals surface area contributed by atoms with Crippen molar-refractivity contribution in [1.82, 2.24) is 19.7 Å². The quantitative estimate of drug-likeness (QED) is 0.654. The Morgan fingerprint density at radius 3 is 3.00 bits per heavy atom. The Morgan fingerprint density at radius 1 is 1.39 bits per heavy atom. The third kappa shape index (κ3) is 1.50. The molecule has 6 heteroatoms. The number of hydrogen-bond donors (Lipinski definition) is 0. The molecule has 3 aromatic rings. The van der Waals surface area contributed by atoms with E-state index in [1.54, 1.807) is 23.1 Å². The summed E-state index contributed by atoms with van der Waals surface area (Å²) in [6, 6.07) is 3.46. The number of fused-ring (bicyclic) bond motifs is 1. The summed E-state index contributed by atoms with van der Waals surface area (Å²) in [6.45, 7) is 1.99. The number of carbonyl (C=O) groups excluding carboxylic acids is 1. The highest BCUT2D eigenvalue weighted by molar-refractivity contribution is 5.96. The van der Waals surface area contributed by atoms with Gasteiger partial charge in [0.15, 0.2) is 24.1 Å². The lowest BCUT2D eigenvalue weighted by molar-refractivity contribution is 0.112. The molecular weight excluding hydrogens is 232 g/mol. The fourth-order valence-corrected chi connectivity index (χ4v) is 1.81. The van der Waals surface area contributed by atoms with E-state index in [0.29, 0.717) is 16.7 Å². The smallest absolute Gasteiger partial charge is 0.182 e. The number of aldehydes is 1. The van der Waals surface area contributed by atoms with Crippen molar-refractivity contribution in [3.05, 3.63) is 36.2 Å². The molecule has 0 aliphatic rings. The molecule has 0 saturated heterocycles. The van der Waals surface area contributed by atoms with Gasteiger partial charge in [-0.15, -0.1) is 0 Å². The largest absolute Gasteiger partial charge is 0.441 e. The summed E-state index contributed by atoms with van der Waals surface area (Å²) in [5.74, 6) is 0.752. The first-order chi connectivity index (χ1) is 8.83. The second-order valence-corrected chi connectivity index (χ2v) is 3.78. The van der Waals surface area contributed by atoms with Gasteiger partial charge < -0.3 is 4.42 Å². The molecule has 2 heterocycles. The number of benzene rings is 1. The van der Waals surface area contributed by atoms with Gasteiger partial charge in [0.1, 0.15) is 17.5 Å².